The molecule has 4 heteroatoms. The molecule has 3 aliphatic rings. The molecule has 4 nitrogen and oxygen atoms in total. The Morgan fingerprint density at radius 1 is 1.40 bits per heavy atom. The lowest BCUT2D eigenvalue weighted by molar-refractivity contribution is -0.114. The zero-order valence-electron chi connectivity index (χ0n) is 15.6. The van der Waals surface area contributed by atoms with E-state index in [2.05, 4.69) is 6.92 Å². The SMILES string of the molecule is C/C=C(/C=O)C1=C(C)C(=O)C2=C(CCC3(C)C(O)CCC23)C1COC. The molecule has 1 saturated carbocycles. The summed E-state index contributed by atoms with van der Waals surface area (Å²) in [5, 5.41) is 10.5. The maximum atomic E-state index is 13.3. The summed E-state index contributed by atoms with van der Waals surface area (Å²) in [6.45, 7) is 6.24. The quantitative estimate of drug-likeness (QED) is 0.628. The molecule has 4 atom stereocenters. The van der Waals surface area contributed by atoms with Gasteiger partial charge in [0.1, 0.15) is 6.29 Å². The number of ketones is 1. The molecule has 0 aromatic rings. The summed E-state index contributed by atoms with van der Waals surface area (Å²) in [5.41, 5.74) is 3.88. The predicted molar refractivity (Wildman–Crippen MR) is 96.0 cm³/mol. The standard InChI is InChI=1S/C21H28O4/c1-5-13(10-22)18-12(2)20(24)19-14(15(18)11-25-4)8-9-21(3)16(19)6-7-17(21)23/h5,10,15-17,23H,6-9,11H2,1-4H3/b13-5-. The predicted octanol–water partition coefficient (Wildman–Crippen LogP) is 3.16. The molecule has 3 rings (SSSR count). The number of hydrogen-bond acceptors (Lipinski definition) is 4. The van der Waals surface area contributed by atoms with Gasteiger partial charge in [-0.15, -0.1) is 0 Å². The van der Waals surface area contributed by atoms with Crippen LogP contribution in [0.4, 0.5) is 0 Å². The third-order valence-electron chi connectivity index (χ3n) is 6.75. The van der Waals surface area contributed by atoms with Crippen molar-refractivity contribution in [2.75, 3.05) is 13.7 Å². The Morgan fingerprint density at radius 3 is 2.72 bits per heavy atom. The third kappa shape index (κ3) is 2.58. The smallest absolute Gasteiger partial charge is 0.185 e. The van der Waals surface area contributed by atoms with Gasteiger partial charge >= 0.3 is 0 Å². The Morgan fingerprint density at radius 2 is 2.12 bits per heavy atom. The lowest BCUT2D eigenvalue weighted by Gasteiger charge is -2.45. The minimum Gasteiger partial charge on any atom is -0.393 e. The molecule has 0 bridgehead atoms. The molecule has 1 fully saturated rings. The first kappa shape index (κ1) is 18.3. The fourth-order valence-corrected chi connectivity index (χ4v) is 5.27. The van der Waals surface area contributed by atoms with Crippen molar-refractivity contribution in [2.24, 2.45) is 17.3 Å². The molecule has 136 valence electrons. The van der Waals surface area contributed by atoms with Crippen molar-refractivity contribution in [3.8, 4) is 0 Å². The number of carbonyl (C=O) groups is 2. The number of ether oxygens (including phenoxy) is 1. The van der Waals surface area contributed by atoms with Gasteiger partial charge < -0.3 is 9.84 Å². The van der Waals surface area contributed by atoms with Crippen LogP contribution in [0.1, 0.15) is 46.5 Å². The number of methoxy groups -OCH3 is 1. The van der Waals surface area contributed by atoms with Gasteiger partial charge in [-0.25, -0.2) is 0 Å². The molecule has 1 N–H and O–H groups in total. The largest absolute Gasteiger partial charge is 0.393 e. The van der Waals surface area contributed by atoms with Crippen LogP contribution < -0.4 is 0 Å². The molecule has 0 spiro atoms. The van der Waals surface area contributed by atoms with Crippen LogP contribution in [0.15, 0.2) is 33.9 Å². The van der Waals surface area contributed by atoms with Gasteiger partial charge in [0.05, 0.1) is 12.7 Å². The van der Waals surface area contributed by atoms with Crippen molar-refractivity contribution in [1.29, 1.82) is 0 Å². The first-order valence-electron chi connectivity index (χ1n) is 9.17. The third-order valence-corrected chi connectivity index (χ3v) is 6.75. The summed E-state index contributed by atoms with van der Waals surface area (Å²) in [5.74, 6) is 0.125. The van der Waals surface area contributed by atoms with Crippen LogP contribution in [0, 0.1) is 17.3 Å². The summed E-state index contributed by atoms with van der Waals surface area (Å²) in [6, 6.07) is 0. The monoisotopic (exact) mass is 344 g/mol. The van der Waals surface area contributed by atoms with Gasteiger partial charge in [0.25, 0.3) is 0 Å². The topological polar surface area (TPSA) is 63.6 Å². The average molecular weight is 344 g/mol. The van der Waals surface area contributed by atoms with Gasteiger partial charge in [-0.05, 0) is 51.0 Å². The molecule has 0 heterocycles. The van der Waals surface area contributed by atoms with Crippen LogP contribution >= 0.6 is 0 Å². The van der Waals surface area contributed by atoms with Gasteiger partial charge in [-0.3, -0.25) is 9.59 Å². The summed E-state index contributed by atoms with van der Waals surface area (Å²) in [7, 11) is 1.66. The molecule has 3 aliphatic carbocycles. The molecular weight excluding hydrogens is 316 g/mol. The van der Waals surface area contributed by atoms with Crippen LogP contribution in [-0.4, -0.2) is 37.0 Å². The Hall–Kier alpha value is -1.52. The van der Waals surface area contributed by atoms with E-state index in [0.29, 0.717) is 17.8 Å². The van der Waals surface area contributed by atoms with Crippen molar-refractivity contribution >= 4 is 12.1 Å². The van der Waals surface area contributed by atoms with E-state index in [1.54, 1.807) is 13.2 Å². The minimum atomic E-state index is -0.341. The van der Waals surface area contributed by atoms with Gasteiger partial charge in [-0.1, -0.05) is 18.6 Å². The van der Waals surface area contributed by atoms with E-state index in [0.717, 1.165) is 48.7 Å². The van der Waals surface area contributed by atoms with E-state index in [1.165, 1.54) is 0 Å². The van der Waals surface area contributed by atoms with Gasteiger partial charge in [0.2, 0.25) is 0 Å². The Balaban J connectivity index is 2.15. The number of aliphatic hydroxyl groups is 1. The average Bonchev–Trinajstić information content (AvgIpc) is 2.90. The highest BCUT2D eigenvalue weighted by atomic mass is 16.5. The van der Waals surface area contributed by atoms with Crippen molar-refractivity contribution in [1.82, 2.24) is 0 Å². The molecule has 0 amide bonds. The van der Waals surface area contributed by atoms with Crippen LogP contribution in [0.25, 0.3) is 0 Å². The fourth-order valence-electron chi connectivity index (χ4n) is 5.27. The Kier molecular flexibility index (Phi) is 4.86. The van der Waals surface area contributed by atoms with Gasteiger partial charge in [-0.2, -0.15) is 0 Å². The number of fused-ring (bicyclic) bond motifs is 2. The Bertz CT molecular complexity index is 697. The zero-order valence-corrected chi connectivity index (χ0v) is 15.6. The lowest BCUT2D eigenvalue weighted by Crippen LogP contribution is -2.42. The van der Waals surface area contributed by atoms with Crippen molar-refractivity contribution in [3.05, 3.63) is 33.9 Å². The van der Waals surface area contributed by atoms with Crippen LogP contribution in [0.5, 0.6) is 0 Å². The second kappa shape index (κ2) is 6.65. The first-order valence-corrected chi connectivity index (χ1v) is 9.17. The maximum Gasteiger partial charge on any atom is 0.185 e. The molecule has 25 heavy (non-hydrogen) atoms. The van der Waals surface area contributed by atoms with E-state index in [9.17, 15) is 14.7 Å². The highest BCUT2D eigenvalue weighted by molar-refractivity contribution is 6.12. The number of rotatable bonds is 4. The number of allylic oxidation sites excluding steroid dienone is 4. The van der Waals surface area contributed by atoms with Gasteiger partial charge in [0.15, 0.2) is 5.78 Å². The highest BCUT2D eigenvalue weighted by Gasteiger charge is 2.53. The van der Waals surface area contributed by atoms with E-state index in [1.807, 2.05) is 13.8 Å². The van der Waals surface area contributed by atoms with Crippen LogP contribution in [0.3, 0.4) is 0 Å². The fraction of sp³-hybridized carbons (Fsp3) is 0.619. The highest BCUT2D eigenvalue weighted by Crippen LogP contribution is 2.57. The number of hydrogen-bond donors (Lipinski definition) is 1. The Labute approximate surface area is 149 Å². The molecule has 0 radical (unpaired) electrons. The minimum absolute atomic E-state index is 0.0450. The second-order valence-electron chi connectivity index (χ2n) is 7.83. The molecule has 0 saturated heterocycles. The van der Waals surface area contributed by atoms with E-state index in [4.69, 9.17) is 4.74 Å². The normalized spacial score (nSPS) is 35.8. The summed E-state index contributed by atoms with van der Waals surface area (Å²) in [6.07, 6.45) is 5.55. The summed E-state index contributed by atoms with van der Waals surface area (Å²) in [4.78, 5) is 24.8. The molecule has 4 unspecified atom stereocenters. The first-order chi connectivity index (χ1) is 11.9. The van der Waals surface area contributed by atoms with Crippen molar-refractivity contribution in [3.63, 3.8) is 0 Å². The molecular formula is C21H28O4. The summed E-state index contributed by atoms with van der Waals surface area (Å²) < 4.78 is 5.47. The molecule has 0 aromatic heterocycles. The van der Waals surface area contributed by atoms with E-state index >= 15 is 0 Å². The summed E-state index contributed by atoms with van der Waals surface area (Å²) >= 11 is 0. The molecule has 0 aliphatic heterocycles. The van der Waals surface area contributed by atoms with E-state index < -0.39 is 0 Å². The second-order valence-corrected chi connectivity index (χ2v) is 7.83. The maximum absolute atomic E-state index is 13.3. The van der Waals surface area contributed by atoms with Gasteiger partial charge in [0, 0.05) is 35.2 Å². The lowest BCUT2D eigenvalue weighted by atomic mass is 9.59. The number of carbonyl (C=O) groups excluding carboxylic acids is 2. The number of aliphatic hydroxyl groups excluding tert-OH is 1. The zero-order chi connectivity index (χ0) is 18.4. The molecule has 0 aromatic carbocycles. The number of Topliss-reactive ketones (excluding diaryl/α,β-unsaturated/α-hetero) is 1. The van der Waals surface area contributed by atoms with E-state index in [-0.39, 0.29) is 29.1 Å². The van der Waals surface area contributed by atoms with Crippen LogP contribution in [0.2, 0.25) is 0 Å². The van der Waals surface area contributed by atoms with Crippen LogP contribution in [-0.2, 0) is 14.3 Å². The number of aldehydes is 1. The van der Waals surface area contributed by atoms with Crippen molar-refractivity contribution < 1.29 is 19.4 Å². The van der Waals surface area contributed by atoms with Crippen molar-refractivity contribution in [2.45, 2.75) is 52.6 Å².